The molecule has 0 aliphatic heterocycles. The quantitative estimate of drug-likeness (QED) is 0.381. The van der Waals surface area contributed by atoms with Gasteiger partial charge < -0.3 is 14.8 Å². The highest BCUT2D eigenvalue weighted by Crippen LogP contribution is 2.33. The highest BCUT2D eigenvalue weighted by Gasteiger charge is 2.13. The summed E-state index contributed by atoms with van der Waals surface area (Å²) in [6.07, 6.45) is 15.9. The van der Waals surface area contributed by atoms with Crippen LogP contribution in [0.1, 0.15) is 37.9 Å². The number of aromatic nitrogens is 3. The van der Waals surface area contributed by atoms with E-state index < -0.39 is 0 Å². The van der Waals surface area contributed by atoms with Crippen LogP contribution < -0.4 is 5.32 Å². The van der Waals surface area contributed by atoms with Crippen LogP contribution in [0.25, 0.3) is 21.7 Å². The number of nitrogens with one attached hydrogen (secondary N) is 1. The first-order chi connectivity index (χ1) is 13.7. The van der Waals surface area contributed by atoms with Gasteiger partial charge >= 0.3 is 0 Å². The van der Waals surface area contributed by atoms with E-state index in [1.54, 1.807) is 17.4 Å². The van der Waals surface area contributed by atoms with E-state index in [0.717, 1.165) is 51.7 Å². The standard InChI is InChI=1S/C22H26N4OS/c1-4-7-10-23-22-24-12-20(28-22)17-11-19(16(8-5-2)9-6-3)21-25-18(15-27)14-26(21)13-17/h5-6,8-9,11-14,27H,2,4,7,10,15H2,1,3H3,(H,23,24)/b9-6-,16-8+. The van der Waals surface area contributed by atoms with E-state index >= 15 is 0 Å². The molecular weight excluding hydrogens is 368 g/mol. The lowest BCUT2D eigenvalue weighted by molar-refractivity contribution is 0.277. The van der Waals surface area contributed by atoms with Gasteiger partial charge in [0.25, 0.3) is 0 Å². The van der Waals surface area contributed by atoms with Gasteiger partial charge in [0.15, 0.2) is 5.13 Å². The van der Waals surface area contributed by atoms with Gasteiger partial charge in [0.1, 0.15) is 5.65 Å². The number of hydrogen-bond acceptors (Lipinski definition) is 5. The maximum Gasteiger partial charge on any atom is 0.183 e. The third kappa shape index (κ3) is 4.40. The Balaban J connectivity index is 2.08. The third-order valence-corrected chi connectivity index (χ3v) is 5.32. The average molecular weight is 395 g/mol. The Kier molecular flexibility index (Phi) is 6.79. The number of nitrogens with zero attached hydrogens (tertiary/aromatic N) is 3. The van der Waals surface area contributed by atoms with Crippen LogP contribution in [-0.2, 0) is 6.61 Å². The fourth-order valence-corrected chi connectivity index (χ4v) is 3.80. The van der Waals surface area contributed by atoms with Crippen molar-refractivity contribution in [3.8, 4) is 10.4 Å². The Morgan fingerprint density at radius 2 is 2.25 bits per heavy atom. The summed E-state index contributed by atoms with van der Waals surface area (Å²) in [5, 5.41) is 13.8. The Bertz CT molecular complexity index is 1010. The molecule has 0 amide bonds. The summed E-state index contributed by atoms with van der Waals surface area (Å²) < 4.78 is 1.97. The van der Waals surface area contributed by atoms with Crippen LogP contribution in [0.15, 0.2) is 55.5 Å². The van der Waals surface area contributed by atoms with Crippen LogP contribution >= 0.6 is 11.3 Å². The molecule has 28 heavy (non-hydrogen) atoms. The van der Waals surface area contributed by atoms with E-state index in [-0.39, 0.29) is 6.61 Å². The monoisotopic (exact) mass is 394 g/mol. The number of thiazole rings is 1. The largest absolute Gasteiger partial charge is 0.390 e. The Hall–Kier alpha value is -2.70. The molecule has 0 aliphatic carbocycles. The average Bonchev–Trinajstić information content (AvgIpc) is 3.34. The predicted molar refractivity (Wildman–Crippen MR) is 119 cm³/mol. The minimum atomic E-state index is -0.0906. The maximum absolute atomic E-state index is 9.53. The number of unbranched alkanes of at least 4 members (excludes halogenated alkanes) is 1. The molecule has 0 aromatic carbocycles. The summed E-state index contributed by atoms with van der Waals surface area (Å²) in [6, 6.07) is 2.13. The molecule has 146 valence electrons. The number of hydrogen-bond donors (Lipinski definition) is 2. The smallest absolute Gasteiger partial charge is 0.183 e. The summed E-state index contributed by atoms with van der Waals surface area (Å²) >= 11 is 1.64. The van der Waals surface area contributed by atoms with Crippen LogP contribution in [-0.4, -0.2) is 26.0 Å². The van der Waals surface area contributed by atoms with Gasteiger partial charge in [-0.15, -0.1) is 0 Å². The lowest BCUT2D eigenvalue weighted by Crippen LogP contribution is -1.99. The second-order valence-corrected chi connectivity index (χ2v) is 7.46. The number of aliphatic hydroxyl groups is 1. The Morgan fingerprint density at radius 1 is 1.39 bits per heavy atom. The van der Waals surface area contributed by atoms with Gasteiger partial charge in [0, 0.05) is 36.3 Å². The minimum Gasteiger partial charge on any atom is -0.390 e. The molecule has 3 aromatic rings. The molecule has 0 atom stereocenters. The van der Waals surface area contributed by atoms with Crippen molar-refractivity contribution in [1.82, 2.24) is 14.4 Å². The van der Waals surface area contributed by atoms with Gasteiger partial charge in [-0.2, -0.15) is 0 Å². The van der Waals surface area contributed by atoms with Crippen LogP contribution in [0, 0.1) is 0 Å². The fraction of sp³-hybridized carbons (Fsp3) is 0.273. The van der Waals surface area contributed by atoms with Crippen molar-refractivity contribution in [2.45, 2.75) is 33.3 Å². The molecule has 3 heterocycles. The van der Waals surface area contributed by atoms with Gasteiger partial charge in [-0.05, 0) is 25.0 Å². The zero-order valence-electron chi connectivity index (χ0n) is 16.4. The Labute approximate surface area is 169 Å². The molecule has 3 rings (SSSR count). The van der Waals surface area contributed by atoms with Crippen molar-refractivity contribution in [2.75, 3.05) is 11.9 Å². The normalized spacial score (nSPS) is 12.2. The molecule has 0 fully saturated rings. The number of allylic oxidation sites excluding steroid dienone is 5. The summed E-state index contributed by atoms with van der Waals surface area (Å²) in [5.74, 6) is 0. The third-order valence-electron chi connectivity index (χ3n) is 4.31. The Morgan fingerprint density at radius 3 is 2.96 bits per heavy atom. The molecule has 2 N–H and O–H groups in total. The maximum atomic E-state index is 9.53. The molecule has 0 radical (unpaired) electrons. The number of anilines is 1. The van der Waals surface area contributed by atoms with E-state index in [1.165, 1.54) is 0 Å². The van der Waals surface area contributed by atoms with Crippen LogP contribution in [0.2, 0.25) is 0 Å². The van der Waals surface area contributed by atoms with Gasteiger partial charge in [-0.25, -0.2) is 9.97 Å². The molecule has 3 aromatic heterocycles. The zero-order valence-corrected chi connectivity index (χ0v) is 17.2. The summed E-state index contributed by atoms with van der Waals surface area (Å²) in [6.45, 7) is 8.84. The molecular formula is C22H26N4OS. The number of rotatable bonds is 9. The van der Waals surface area contributed by atoms with Gasteiger partial charge in [-0.1, -0.05) is 55.6 Å². The number of imidazole rings is 1. The summed E-state index contributed by atoms with van der Waals surface area (Å²) in [5.41, 5.74) is 4.52. The van der Waals surface area contributed by atoms with Crippen molar-refractivity contribution in [3.05, 3.63) is 66.8 Å². The van der Waals surface area contributed by atoms with Gasteiger partial charge in [0.05, 0.1) is 17.2 Å². The fourth-order valence-electron chi connectivity index (χ4n) is 2.98. The first-order valence-corrected chi connectivity index (χ1v) is 10.3. The molecule has 0 aliphatic rings. The van der Waals surface area contributed by atoms with Gasteiger partial charge in [0.2, 0.25) is 0 Å². The van der Waals surface area contributed by atoms with Gasteiger partial charge in [-0.3, -0.25) is 0 Å². The van der Waals surface area contributed by atoms with Crippen molar-refractivity contribution in [2.24, 2.45) is 0 Å². The molecule has 0 unspecified atom stereocenters. The summed E-state index contributed by atoms with van der Waals surface area (Å²) in [7, 11) is 0. The van der Waals surface area contributed by atoms with Crippen molar-refractivity contribution in [1.29, 1.82) is 0 Å². The zero-order chi connectivity index (χ0) is 19.9. The predicted octanol–water partition coefficient (Wildman–Crippen LogP) is 5.31. The van der Waals surface area contributed by atoms with E-state index in [4.69, 9.17) is 0 Å². The van der Waals surface area contributed by atoms with E-state index in [2.05, 4.69) is 34.9 Å². The summed E-state index contributed by atoms with van der Waals surface area (Å²) in [4.78, 5) is 10.2. The van der Waals surface area contributed by atoms with E-state index in [0.29, 0.717) is 5.69 Å². The van der Waals surface area contributed by atoms with E-state index in [9.17, 15) is 5.11 Å². The van der Waals surface area contributed by atoms with Crippen molar-refractivity contribution in [3.63, 3.8) is 0 Å². The molecule has 6 heteroatoms. The number of pyridine rings is 1. The van der Waals surface area contributed by atoms with Crippen LogP contribution in [0.4, 0.5) is 5.13 Å². The lowest BCUT2D eigenvalue weighted by atomic mass is 10.0. The molecule has 5 nitrogen and oxygen atoms in total. The molecule has 0 bridgehead atoms. The molecule has 0 saturated heterocycles. The topological polar surface area (TPSA) is 62.5 Å². The highest BCUT2D eigenvalue weighted by molar-refractivity contribution is 7.18. The first-order valence-electron chi connectivity index (χ1n) is 9.48. The minimum absolute atomic E-state index is 0.0906. The lowest BCUT2D eigenvalue weighted by Gasteiger charge is -2.08. The highest BCUT2D eigenvalue weighted by atomic mass is 32.1. The second-order valence-electron chi connectivity index (χ2n) is 6.43. The first kappa shape index (κ1) is 20.0. The van der Waals surface area contributed by atoms with Crippen LogP contribution in [0.3, 0.4) is 0 Å². The number of fused-ring (bicyclic) bond motifs is 1. The number of aliphatic hydroxyl groups excluding tert-OH is 1. The molecule has 0 spiro atoms. The van der Waals surface area contributed by atoms with Crippen molar-refractivity contribution >= 4 is 27.7 Å². The van der Waals surface area contributed by atoms with E-state index in [1.807, 2.05) is 48.1 Å². The van der Waals surface area contributed by atoms with Crippen molar-refractivity contribution < 1.29 is 5.11 Å². The molecule has 0 saturated carbocycles. The van der Waals surface area contributed by atoms with Crippen LogP contribution in [0.5, 0.6) is 0 Å². The second kappa shape index (κ2) is 9.48. The SMILES string of the molecule is C=C/C=C(\C=C/C)c1cc(-c2cnc(NCCCC)s2)cn2cc(CO)nc12.